The van der Waals surface area contributed by atoms with Gasteiger partial charge < -0.3 is 15.4 Å². The zero-order chi connectivity index (χ0) is 19.1. The summed E-state index contributed by atoms with van der Waals surface area (Å²) in [6.45, 7) is 1.71. The number of benzene rings is 2. The molecule has 7 heteroatoms. The number of hydrogen-bond donors (Lipinski definition) is 2. The van der Waals surface area contributed by atoms with Gasteiger partial charge in [0.05, 0.1) is 0 Å². The lowest BCUT2D eigenvalue weighted by Crippen LogP contribution is -2.25. The van der Waals surface area contributed by atoms with Gasteiger partial charge in [-0.3, -0.25) is 9.59 Å². The molecule has 6 nitrogen and oxygen atoms in total. The molecule has 0 saturated carbocycles. The standard InChI is InChI=1S/C20H19N3O3S/c1-14(13-18(24)23-20-21-11-12-27-20)19(25)22-15-7-9-17(10-8-15)26-16-5-3-2-4-6-16/h2-12,14H,13H2,1H3,(H,22,25)(H,21,23,24). The van der Waals surface area contributed by atoms with Crippen molar-refractivity contribution in [2.24, 2.45) is 5.92 Å². The van der Waals surface area contributed by atoms with Crippen LogP contribution < -0.4 is 15.4 Å². The molecule has 0 saturated heterocycles. The SMILES string of the molecule is CC(CC(=O)Nc1nccs1)C(=O)Nc1ccc(Oc2ccccc2)cc1. The summed E-state index contributed by atoms with van der Waals surface area (Å²) in [6, 6.07) is 16.5. The Hall–Kier alpha value is -3.19. The Bertz CT molecular complexity index is 881. The van der Waals surface area contributed by atoms with E-state index in [1.807, 2.05) is 30.3 Å². The predicted octanol–water partition coefficient (Wildman–Crippen LogP) is 4.54. The van der Waals surface area contributed by atoms with E-state index in [9.17, 15) is 9.59 Å². The molecule has 0 aliphatic rings. The summed E-state index contributed by atoms with van der Waals surface area (Å²) < 4.78 is 5.72. The van der Waals surface area contributed by atoms with Crippen LogP contribution in [-0.2, 0) is 9.59 Å². The average Bonchev–Trinajstić information content (AvgIpc) is 3.17. The Morgan fingerprint density at radius 3 is 2.41 bits per heavy atom. The van der Waals surface area contributed by atoms with Gasteiger partial charge in [0.2, 0.25) is 11.8 Å². The smallest absolute Gasteiger partial charge is 0.227 e. The molecule has 0 aliphatic heterocycles. The number of rotatable bonds is 7. The molecule has 0 bridgehead atoms. The van der Waals surface area contributed by atoms with Crippen molar-refractivity contribution in [1.82, 2.24) is 4.98 Å². The van der Waals surface area contributed by atoms with E-state index in [1.54, 1.807) is 42.8 Å². The number of amides is 2. The molecule has 3 rings (SSSR count). The molecule has 0 aliphatic carbocycles. The van der Waals surface area contributed by atoms with Crippen LogP contribution in [0.4, 0.5) is 10.8 Å². The van der Waals surface area contributed by atoms with Crippen molar-refractivity contribution >= 4 is 34.0 Å². The van der Waals surface area contributed by atoms with Crippen LogP contribution in [0.2, 0.25) is 0 Å². The third kappa shape index (κ3) is 5.65. The van der Waals surface area contributed by atoms with Crippen molar-refractivity contribution in [3.63, 3.8) is 0 Å². The third-order valence-electron chi connectivity index (χ3n) is 3.72. The highest BCUT2D eigenvalue weighted by atomic mass is 32.1. The van der Waals surface area contributed by atoms with Crippen molar-refractivity contribution in [1.29, 1.82) is 0 Å². The lowest BCUT2D eigenvalue weighted by molar-refractivity contribution is -0.124. The minimum Gasteiger partial charge on any atom is -0.457 e. The van der Waals surface area contributed by atoms with Crippen molar-refractivity contribution < 1.29 is 14.3 Å². The van der Waals surface area contributed by atoms with Gasteiger partial charge in [0.25, 0.3) is 0 Å². The van der Waals surface area contributed by atoms with E-state index in [1.165, 1.54) is 11.3 Å². The third-order valence-corrected chi connectivity index (χ3v) is 4.41. The van der Waals surface area contributed by atoms with E-state index in [4.69, 9.17) is 4.74 Å². The first-order valence-electron chi connectivity index (χ1n) is 8.43. The van der Waals surface area contributed by atoms with Gasteiger partial charge in [-0.25, -0.2) is 4.98 Å². The summed E-state index contributed by atoms with van der Waals surface area (Å²) in [4.78, 5) is 28.2. The maximum Gasteiger partial charge on any atom is 0.227 e. The molecule has 2 N–H and O–H groups in total. The van der Waals surface area contributed by atoms with Crippen molar-refractivity contribution in [3.8, 4) is 11.5 Å². The molecular weight excluding hydrogens is 362 g/mol. The number of carbonyl (C=O) groups excluding carboxylic acids is 2. The van der Waals surface area contributed by atoms with Crippen LogP contribution >= 0.6 is 11.3 Å². The first-order chi connectivity index (χ1) is 13.1. The summed E-state index contributed by atoms with van der Waals surface area (Å²) in [7, 11) is 0. The monoisotopic (exact) mass is 381 g/mol. The summed E-state index contributed by atoms with van der Waals surface area (Å²) in [5, 5.41) is 7.79. The molecule has 1 atom stereocenters. The van der Waals surface area contributed by atoms with E-state index in [2.05, 4.69) is 15.6 Å². The highest BCUT2D eigenvalue weighted by molar-refractivity contribution is 7.13. The molecule has 1 unspecified atom stereocenters. The van der Waals surface area contributed by atoms with Crippen molar-refractivity contribution in [2.75, 3.05) is 10.6 Å². The normalized spacial score (nSPS) is 11.4. The second-order valence-electron chi connectivity index (χ2n) is 5.92. The molecule has 2 amide bonds. The Labute approximate surface area is 161 Å². The number of para-hydroxylation sites is 1. The fraction of sp³-hybridized carbons (Fsp3) is 0.150. The Morgan fingerprint density at radius 2 is 1.74 bits per heavy atom. The number of hydrogen-bond acceptors (Lipinski definition) is 5. The minimum atomic E-state index is -0.467. The fourth-order valence-corrected chi connectivity index (χ4v) is 2.87. The second-order valence-corrected chi connectivity index (χ2v) is 6.81. The maximum absolute atomic E-state index is 12.3. The van der Waals surface area contributed by atoms with Crippen LogP contribution in [0.25, 0.3) is 0 Å². The van der Waals surface area contributed by atoms with E-state index >= 15 is 0 Å². The van der Waals surface area contributed by atoms with Crippen molar-refractivity contribution in [2.45, 2.75) is 13.3 Å². The van der Waals surface area contributed by atoms with Gasteiger partial charge in [-0.2, -0.15) is 0 Å². The first-order valence-corrected chi connectivity index (χ1v) is 9.31. The average molecular weight is 381 g/mol. The van der Waals surface area contributed by atoms with Gasteiger partial charge >= 0.3 is 0 Å². The number of carbonyl (C=O) groups is 2. The van der Waals surface area contributed by atoms with Crippen molar-refractivity contribution in [3.05, 3.63) is 66.2 Å². The number of thiazole rings is 1. The second kappa shape index (κ2) is 8.95. The Morgan fingerprint density at radius 1 is 1.04 bits per heavy atom. The van der Waals surface area contributed by atoms with Crippen LogP contribution in [0.15, 0.2) is 66.2 Å². The summed E-state index contributed by atoms with van der Waals surface area (Å²) >= 11 is 1.34. The maximum atomic E-state index is 12.3. The number of ether oxygens (including phenoxy) is 1. The van der Waals surface area contributed by atoms with E-state index < -0.39 is 5.92 Å². The van der Waals surface area contributed by atoms with Crippen LogP contribution in [0, 0.1) is 5.92 Å². The molecular formula is C20H19N3O3S. The number of anilines is 2. The van der Waals surface area contributed by atoms with Gasteiger partial charge in [0, 0.05) is 29.6 Å². The lowest BCUT2D eigenvalue weighted by atomic mass is 10.1. The largest absolute Gasteiger partial charge is 0.457 e. The van der Waals surface area contributed by atoms with Gasteiger partial charge in [-0.15, -0.1) is 11.3 Å². The van der Waals surface area contributed by atoms with Crippen LogP contribution in [0.1, 0.15) is 13.3 Å². The highest BCUT2D eigenvalue weighted by Gasteiger charge is 2.17. The molecule has 3 aromatic rings. The molecule has 27 heavy (non-hydrogen) atoms. The molecule has 1 heterocycles. The molecule has 2 aromatic carbocycles. The summed E-state index contributed by atoms with van der Waals surface area (Å²) in [6.07, 6.45) is 1.70. The summed E-state index contributed by atoms with van der Waals surface area (Å²) in [5.41, 5.74) is 0.646. The Kier molecular flexibility index (Phi) is 6.17. The number of aromatic nitrogens is 1. The van der Waals surface area contributed by atoms with E-state index in [0.717, 1.165) is 5.75 Å². The topological polar surface area (TPSA) is 80.3 Å². The molecule has 138 valence electrons. The van der Waals surface area contributed by atoms with Gasteiger partial charge in [0.1, 0.15) is 11.5 Å². The minimum absolute atomic E-state index is 0.0839. The zero-order valence-electron chi connectivity index (χ0n) is 14.7. The molecule has 1 aromatic heterocycles. The molecule has 0 radical (unpaired) electrons. The van der Waals surface area contributed by atoms with Crippen LogP contribution in [-0.4, -0.2) is 16.8 Å². The van der Waals surface area contributed by atoms with Crippen LogP contribution in [0.3, 0.4) is 0 Å². The van der Waals surface area contributed by atoms with Gasteiger partial charge in [0.15, 0.2) is 5.13 Å². The van der Waals surface area contributed by atoms with Crippen LogP contribution in [0.5, 0.6) is 11.5 Å². The number of nitrogens with one attached hydrogen (secondary N) is 2. The predicted molar refractivity (Wildman–Crippen MR) is 106 cm³/mol. The summed E-state index contributed by atoms with van der Waals surface area (Å²) in [5.74, 6) is 0.495. The highest BCUT2D eigenvalue weighted by Crippen LogP contribution is 2.23. The fourth-order valence-electron chi connectivity index (χ4n) is 2.32. The Balaban J connectivity index is 1.50. The number of nitrogens with zero attached hydrogens (tertiary/aromatic N) is 1. The van der Waals surface area contributed by atoms with Gasteiger partial charge in [-0.1, -0.05) is 25.1 Å². The first kappa shape index (κ1) is 18.6. The van der Waals surface area contributed by atoms with E-state index in [0.29, 0.717) is 16.6 Å². The zero-order valence-corrected chi connectivity index (χ0v) is 15.5. The van der Waals surface area contributed by atoms with E-state index in [-0.39, 0.29) is 18.2 Å². The van der Waals surface area contributed by atoms with Gasteiger partial charge in [-0.05, 0) is 36.4 Å². The lowest BCUT2D eigenvalue weighted by Gasteiger charge is -2.12. The molecule has 0 spiro atoms. The quantitative estimate of drug-likeness (QED) is 0.630. The molecule has 0 fully saturated rings.